The Kier molecular flexibility index (Phi) is 5.80. The highest BCUT2D eigenvalue weighted by Crippen LogP contribution is 2.23. The van der Waals surface area contributed by atoms with E-state index in [9.17, 15) is 18.0 Å². The number of hydrogen-bond acceptors (Lipinski definition) is 7. The summed E-state index contributed by atoms with van der Waals surface area (Å²) in [6.45, 7) is 5.30. The molecule has 1 aliphatic rings. The molecule has 0 aromatic carbocycles. The third kappa shape index (κ3) is 6.18. The molecule has 22 heavy (non-hydrogen) atoms. The molecule has 0 aromatic heterocycles. The van der Waals surface area contributed by atoms with Gasteiger partial charge in [0, 0.05) is 6.54 Å². The number of amides is 1. The Hall–Kier alpha value is -1.35. The maximum Gasteiger partial charge on any atom is 0.410 e. The first kappa shape index (κ1) is 18.7. The minimum absolute atomic E-state index is 0.0372. The number of ether oxygens (including phenoxy) is 2. The van der Waals surface area contributed by atoms with Crippen LogP contribution in [0.4, 0.5) is 4.79 Å². The first-order valence-electron chi connectivity index (χ1n) is 6.85. The third-order valence-electron chi connectivity index (χ3n) is 2.91. The zero-order chi connectivity index (χ0) is 17.1. The molecule has 0 spiro atoms. The largest absolute Gasteiger partial charge is 0.469 e. The Morgan fingerprint density at radius 1 is 1.18 bits per heavy atom. The molecule has 1 aliphatic heterocycles. The van der Waals surface area contributed by atoms with Crippen molar-refractivity contribution in [1.82, 2.24) is 4.90 Å². The van der Waals surface area contributed by atoms with Crippen molar-refractivity contribution in [2.75, 3.05) is 26.5 Å². The van der Waals surface area contributed by atoms with E-state index < -0.39 is 39.8 Å². The molecule has 1 saturated heterocycles. The molecule has 0 N–H and O–H groups in total. The van der Waals surface area contributed by atoms with E-state index >= 15 is 0 Å². The van der Waals surface area contributed by atoms with Crippen LogP contribution in [0.2, 0.25) is 0 Å². The highest BCUT2D eigenvalue weighted by atomic mass is 32.2. The Morgan fingerprint density at radius 3 is 2.23 bits per heavy atom. The van der Waals surface area contributed by atoms with Crippen LogP contribution in [0, 0.1) is 5.92 Å². The van der Waals surface area contributed by atoms with Crippen molar-refractivity contribution in [3.8, 4) is 0 Å². The number of hydrogen-bond donors (Lipinski definition) is 0. The normalized spacial score (nSPS) is 23.0. The van der Waals surface area contributed by atoms with Gasteiger partial charge < -0.3 is 14.4 Å². The lowest BCUT2D eigenvalue weighted by atomic mass is 9.96. The van der Waals surface area contributed by atoms with Gasteiger partial charge >= 0.3 is 12.1 Å². The van der Waals surface area contributed by atoms with Crippen LogP contribution < -0.4 is 0 Å². The fraction of sp³-hybridized carbons (Fsp3) is 0.846. The summed E-state index contributed by atoms with van der Waals surface area (Å²) in [5, 5.41) is 0. The summed E-state index contributed by atoms with van der Waals surface area (Å²) in [5.74, 6) is -1.17. The Balaban J connectivity index is 2.87. The fourth-order valence-electron chi connectivity index (χ4n) is 2.18. The van der Waals surface area contributed by atoms with Crippen molar-refractivity contribution in [3.05, 3.63) is 0 Å². The Morgan fingerprint density at radius 2 is 1.77 bits per heavy atom. The Bertz CT molecular complexity index is 523. The van der Waals surface area contributed by atoms with Gasteiger partial charge in [-0.3, -0.25) is 8.98 Å². The summed E-state index contributed by atoms with van der Waals surface area (Å²) in [6.07, 6.45) is -0.338. The van der Waals surface area contributed by atoms with E-state index in [4.69, 9.17) is 8.92 Å². The molecule has 0 aromatic rings. The van der Waals surface area contributed by atoms with Crippen LogP contribution in [0.1, 0.15) is 27.2 Å². The lowest BCUT2D eigenvalue weighted by molar-refractivity contribution is -0.148. The van der Waals surface area contributed by atoms with E-state index in [0.717, 1.165) is 6.26 Å². The van der Waals surface area contributed by atoms with Gasteiger partial charge in [0.15, 0.2) is 0 Å². The van der Waals surface area contributed by atoms with Crippen LogP contribution in [0.3, 0.4) is 0 Å². The predicted molar refractivity (Wildman–Crippen MR) is 77.6 cm³/mol. The summed E-state index contributed by atoms with van der Waals surface area (Å²) in [7, 11) is -2.46. The number of nitrogens with zero attached hydrogens (tertiary/aromatic N) is 1. The minimum Gasteiger partial charge on any atom is -0.469 e. The first-order valence-corrected chi connectivity index (χ1v) is 8.67. The van der Waals surface area contributed by atoms with Crippen LogP contribution in [-0.4, -0.2) is 63.5 Å². The molecular formula is C13H23NO7S. The topological polar surface area (TPSA) is 99.2 Å². The van der Waals surface area contributed by atoms with Crippen LogP contribution in [0.25, 0.3) is 0 Å². The average Bonchev–Trinajstić information content (AvgIpc) is 2.33. The van der Waals surface area contributed by atoms with Gasteiger partial charge in [0.25, 0.3) is 10.1 Å². The summed E-state index contributed by atoms with van der Waals surface area (Å²) < 4.78 is 37.4. The molecule has 1 amide bonds. The van der Waals surface area contributed by atoms with Gasteiger partial charge in [-0.2, -0.15) is 8.42 Å². The van der Waals surface area contributed by atoms with Gasteiger partial charge in [-0.1, -0.05) is 0 Å². The van der Waals surface area contributed by atoms with Crippen molar-refractivity contribution in [1.29, 1.82) is 0 Å². The zero-order valence-electron chi connectivity index (χ0n) is 13.5. The molecule has 0 bridgehead atoms. The lowest BCUT2D eigenvalue weighted by Crippen LogP contribution is -2.51. The maximum atomic E-state index is 12.1. The van der Waals surface area contributed by atoms with Crippen LogP contribution >= 0.6 is 0 Å². The lowest BCUT2D eigenvalue weighted by Gasteiger charge is -2.36. The van der Waals surface area contributed by atoms with E-state index in [0.29, 0.717) is 0 Å². The van der Waals surface area contributed by atoms with Crippen LogP contribution in [-0.2, 0) is 28.6 Å². The van der Waals surface area contributed by atoms with E-state index in [1.165, 1.54) is 12.0 Å². The molecule has 0 saturated carbocycles. The van der Waals surface area contributed by atoms with E-state index in [-0.39, 0.29) is 19.5 Å². The summed E-state index contributed by atoms with van der Waals surface area (Å²) in [4.78, 5) is 25.1. The van der Waals surface area contributed by atoms with Crippen molar-refractivity contribution in [3.63, 3.8) is 0 Å². The van der Waals surface area contributed by atoms with E-state index in [1.54, 1.807) is 20.8 Å². The molecule has 0 aliphatic carbocycles. The van der Waals surface area contributed by atoms with Crippen LogP contribution in [0.15, 0.2) is 0 Å². The highest BCUT2D eigenvalue weighted by molar-refractivity contribution is 7.86. The zero-order valence-corrected chi connectivity index (χ0v) is 14.3. The number of carbonyl (C=O) groups excluding carboxylic acids is 2. The fourth-order valence-corrected chi connectivity index (χ4v) is 2.82. The maximum absolute atomic E-state index is 12.1. The molecule has 0 radical (unpaired) electrons. The molecule has 1 heterocycles. The number of piperidine rings is 1. The smallest absolute Gasteiger partial charge is 0.410 e. The van der Waals surface area contributed by atoms with Crippen molar-refractivity contribution < 1.29 is 31.7 Å². The average molecular weight is 337 g/mol. The SMILES string of the molecule is COC(=O)C1CC(OS(C)(=O)=O)CN(C(=O)OC(C)(C)C)C1. The minimum atomic E-state index is -3.69. The first-order chi connectivity index (χ1) is 9.91. The van der Waals surface area contributed by atoms with Gasteiger partial charge in [-0.25, -0.2) is 4.79 Å². The Labute approximate surface area is 130 Å². The van der Waals surface area contributed by atoms with Crippen molar-refractivity contribution >= 4 is 22.2 Å². The molecule has 2 unspecified atom stereocenters. The number of esters is 1. The number of likely N-dealkylation sites (tertiary alicyclic amines) is 1. The molecule has 8 nitrogen and oxygen atoms in total. The third-order valence-corrected chi connectivity index (χ3v) is 3.53. The summed E-state index contributed by atoms with van der Waals surface area (Å²) in [6, 6.07) is 0. The molecular weight excluding hydrogens is 314 g/mol. The molecule has 1 rings (SSSR count). The van der Waals surface area contributed by atoms with Crippen molar-refractivity contribution in [2.45, 2.75) is 38.9 Å². The molecule has 2 atom stereocenters. The second kappa shape index (κ2) is 6.82. The van der Waals surface area contributed by atoms with E-state index in [1.807, 2.05) is 0 Å². The summed E-state index contributed by atoms with van der Waals surface area (Å²) in [5.41, 5.74) is -0.692. The van der Waals surface area contributed by atoms with Crippen molar-refractivity contribution in [2.24, 2.45) is 5.92 Å². The van der Waals surface area contributed by atoms with Gasteiger partial charge in [0.2, 0.25) is 0 Å². The molecule has 128 valence electrons. The van der Waals surface area contributed by atoms with Gasteiger partial charge in [0.1, 0.15) is 5.60 Å². The second-order valence-corrected chi connectivity index (χ2v) is 7.86. The van der Waals surface area contributed by atoms with Crippen LogP contribution in [0.5, 0.6) is 0 Å². The van der Waals surface area contributed by atoms with E-state index in [2.05, 4.69) is 4.74 Å². The predicted octanol–water partition coefficient (Wildman–Crippen LogP) is 0.761. The number of rotatable bonds is 3. The van der Waals surface area contributed by atoms with Gasteiger partial charge in [-0.15, -0.1) is 0 Å². The molecule has 1 fully saturated rings. The number of carbonyl (C=O) groups is 2. The second-order valence-electron chi connectivity index (χ2n) is 6.26. The monoisotopic (exact) mass is 337 g/mol. The van der Waals surface area contributed by atoms with Gasteiger partial charge in [-0.05, 0) is 27.2 Å². The standard InChI is InChI=1S/C13H23NO7S/c1-13(2,3)20-12(16)14-7-9(11(15)19-4)6-10(8-14)21-22(5,17)18/h9-10H,6-8H2,1-5H3. The highest BCUT2D eigenvalue weighted by Gasteiger charge is 2.37. The number of methoxy groups -OCH3 is 1. The summed E-state index contributed by atoms with van der Waals surface area (Å²) >= 11 is 0. The quantitative estimate of drug-likeness (QED) is 0.554. The molecule has 9 heteroatoms. The van der Waals surface area contributed by atoms with Gasteiger partial charge in [0.05, 0.1) is 31.9 Å².